The van der Waals surface area contributed by atoms with Crippen LogP contribution in [0.25, 0.3) is 0 Å². The molecule has 2 aliphatic rings. The van der Waals surface area contributed by atoms with E-state index in [9.17, 15) is 30.6 Å². The Bertz CT molecular complexity index is 1950. The molecule has 2 fully saturated rings. The minimum Gasteiger partial charge on any atom is -0.508 e. The predicted octanol–water partition coefficient (Wildman–Crippen LogP) is 10.1. The first-order chi connectivity index (χ1) is 26.5. The van der Waals surface area contributed by atoms with Crippen molar-refractivity contribution in [2.75, 3.05) is 0 Å². The van der Waals surface area contributed by atoms with Gasteiger partial charge in [0.15, 0.2) is 0 Å². The molecule has 0 amide bonds. The number of ether oxygens (including phenoxy) is 1. The van der Waals surface area contributed by atoms with E-state index in [1.807, 2.05) is 72.8 Å². The highest BCUT2D eigenvalue weighted by molar-refractivity contribution is 5.47. The Balaban J connectivity index is 1.23. The van der Waals surface area contributed by atoms with Crippen molar-refractivity contribution in [3.8, 4) is 34.5 Å². The molecule has 7 heteroatoms. The molecule has 2 saturated carbocycles. The number of phenols is 6. The van der Waals surface area contributed by atoms with Crippen molar-refractivity contribution in [1.82, 2.24) is 0 Å². The van der Waals surface area contributed by atoms with E-state index >= 15 is 0 Å². The quantitative estimate of drug-likeness (QED) is 0.0918. The SMILES string of the molecule is Oc1ccc(C2(OC3(c4ccc(O)cc4)CCC(c4ccc(O)cc4)(c4ccc(O)cc4)CC3)CCC(c3ccc(O)cc3)(c3ccc(O)cc3)CC2)cc1. The van der Waals surface area contributed by atoms with Gasteiger partial charge < -0.3 is 35.4 Å². The van der Waals surface area contributed by atoms with Crippen LogP contribution in [-0.2, 0) is 26.8 Å². The highest BCUT2D eigenvalue weighted by Gasteiger charge is 2.53. The maximum atomic E-state index is 10.4. The standard InChI is InChI=1S/C48H46O7/c49-39-13-1-33(2-14-39)45(34-3-15-40(50)16-4-34)25-29-47(30-26-45,37-9-21-43(53)22-10-37)55-48(38-11-23-44(54)24-12-38)31-27-46(28-32-48,35-5-17-41(51)18-6-35)36-7-19-42(52)20-8-36/h1-24,49-54H,25-32H2. The zero-order valence-electron chi connectivity index (χ0n) is 30.6. The molecule has 2 aliphatic carbocycles. The fourth-order valence-electron chi connectivity index (χ4n) is 9.57. The van der Waals surface area contributed by atoms with Gasteiger partial charge in [-0.25, -0.2) is 0 Å². The van der Waals surface area contributed by atoms with E-state index < -0.39 is 22.0 Å². The highest BCUT2D eigenvalue weighted by atomic mass is 16.5. The molecule has 0 unspecified atom stereocenters. The average Bonchev–Trinajstić information content (AvgIpc) is 3.20. The molecule has 7 nitrogen and oxygen atoms in total. The molecule has 0 spiro atoms. The van der Waals surface area contributed by atoms with E-state index in [4.69, 9.17) is 4.74 Å². The van der Waals surface area contributed by atoms with Crippen molar-refractivity contribution in [2.45, 2.75) is 73.4 Å². The Hall–Kier alpha value is -5.92. The molecule has 0 heterocycles. The number of aromatic hydroxyl groups is 6. The highest BCUT2D eigenvalue weighted by Crippen LogP contribution is 2.59. The normalized spacial score (nSPS) is 18.3. The molecule has 55 heavy (non-hydrogen) atoms. The third-order valence-corrected chi connectivity index (χ3v) is 12.7. The maximum absolute atomic E-state index is 10.4. The summed E-state index contributed by atoms with van der Waals surface area (Å²) in [6, 6.07) is 44.5. The van der Waals surface area contributed by atoms with Crippen LogP contribution in [0.5, 0.6) is 34.5 Å². The van der Waals surface area contributed by atoms with E-state index in [0.29, 0.717) is 51.4 Å². The monoisotopic (exact) mass is 734 g/mol. The molecular formula is C48H46O7. The first-order valence-electron chi connectivity index (χ1n) is 19.0. The van der Waals surface area contributed by atoms with Crippen LogP contribution in [0.3, 0.4) is 0 Å². The molecule has 8 rings (SSSR count). The minimum atomic E-state index is -0.764. The van der Waals surface area contributed by atoms with Crippen LogP contribution < -0.4 is 0 Å². The number of rotatable bonds is 8. The molecule has 0 radical (unpaired) electrons. The van der Waals surface area contributed by atoms with Gasteiger partial charge in [-0.1, -0.05) is 72.8 Å². The van der Waals surface area contributed by atoms with Crippen LogP contribution >= 0.6 is 0 Å². The van der Waals surface area contributed by atoms with Crippen molar-refractivity contribution >= 4 is 0 Å². The molecule has 0 saturated heterocycles. The molecule has 0 atom stereocenters. The zero-order valence-corrected chi connectivity index (χ0v) is 30.6. The van der Waals surface area contributed by atoms with Gasteiger partial charge in [0.2, 0.25) is 0 Å². The van der Waals surface area contributed by atoms with E-state index in [1.165, 1.54) is 0 Å². The summed E-state index contributed by atoms with van der Waals surface area (Å²) in [6.45, 7) is 0. The van der Waals surface area contributed by atoms with Crippen molar-refractivity contribution in [3.63, 3.8) is 0 Å². The van der Waals surface area contributed by atoms with Crippen LogP contribution in [-0.4, -0.2) is 30.6 Å². The Morgan fingerprint density at radius 3 is 0.636 bits per heavy atom. The smallest absolute Gasteiger partial charge is 0.115 e. The van der Waals surface area contributed by atoms with E-state index in [0.717, 1.165) is 33.4 Å². The van der Waals surface area contributed by atoms with Gasteiger partial charge in [0, 0.05) is 10.8 Å². The Labute approximate surface area is 321 Å². The summed E-state index contributed by atoms with van der Waals surface area (Å²) in [7, 11) is 0. The Morgan fingerprint density at radius 2 is 0.436 bits per heavy atom. The second-order valence-electron chi connectivity index (χ2n) is 15.5. The zero-order chi connectivity index (χ0) is 38.3. The number of hydrogen-bond acceptors (Lipinski definition) is 7. The lowest BCUT2D eigenvalue weighted by Crippen LogP contribution is -2.49. The fourth-order valence-corrected chi connectivity index (χ4v) is 9.57. The van der Waals surface area contributed by atoms with E-state index in [1.54, 1.807) is 72.8 Å². The summed E-state index contributed by atoms with van der Waals surface area (Å²) in [5, 5.41) is 61.8. The Morgan fingerprint density at radius 1 is 0.255 bits per heavy atom. The maximum Gasteiger partial charge on any atom is 0.115 e. The third-order valence-electron chi connectivity index (χ3n) is 12.7. The number of phenolic OH excluding ortho intramolecular Hbond substituents is 6. The van der Waals surface area contributed by atoms with Gasteiger partial charge in [-0.3, -0.25) is 0 Å². The summed E-state index contributed by atoms with van der Waals surface area (Å²) < 4.78 is 7.84. The Kier molecular flexibility index (Phi) is 9.22. The van der Waals surface area contributed by atoms with Gasteiger partial charge in [0.25, 0.3) is 0 Å². The van der Waals surface area contributed by atoms with Crippen molar-refractivity contribution in [3.05, 3.63) is 179 Å². The molecular weight excluding hydrogens is 689 g/mol. The average molecular weight is 735 g/mol. The summed E-state index contributed by atoms with van der Waals surface area (Å²) in [6.07, 6.45) is 5.39. The molecule has 0 aromatic heterocycles. The van der Waals surface area contributed by atoms with Gasteiger partial charge >= 0.3 is 0 Å². The van der Waals surface area contributed by atoms with Crippen molar-refractivity contribution < 1.29 is 35.4 Å². The van der Waals surface area contributed by atoms with Crippen LogP contribution in [0.15, 0.2) is 146 Å². The fraction of sp³-hybridized carbons (Fsp3) is 0.250. The lowest BCUT2D eigenvalue weighted by Gasteiger charge is -2.54. The summed E-state index contributed by atoms with van der Waals surface area (Å²) in [5.74, 6) is 1.15. The van der Waals surface area contributed by atoms with Crippen LogP contribution in [0.4, 0.5) is 0 Å². The van der Waals surface area contributed by atoms with E-state index in [-0.39, 0.29) is 34.5 Å². The number of benzene rings is 6. The molecule has 6 N–H and O–H groups in total. The second kappa shape index (κ2) is 14.1. The third kappa shape index (κ3) is 6.63. The van der Waals surface area contributed by atoms with Crippen molar-refractivity contribution in [2.24, 2.45) is 0 Å². The lowest BCUT2D eigenvalue weighted by molar-refractivity contribution is -0.204. The molecule has 6 aromatic rings. The topological polar surface area (TPSA) is 131 Å². The van der Waals surface area contributed by atoms with E-state index in [2.05, 4.69) is 0 Å². The first-order valence-corrected chi connectivity index (χ1v) is 19.0. The predicted molar refractivity (Wildman–Crippen MR) is 212 cm³/mol. The number of hydrogen-bond donors (Lipinski definition) is 6. The molecule has 0 aliphatic heterocycles. The summed E-state index contributed by atoms with van der Waals surface area (Å²) in [5.41, 5.74) is 3.89. The van der Waals surface area contributed by atoms with Gasteiger partial charge in [-0.15, -0.1) is 0 Å². The van der Waals surface area contributed by atoms with Gasteiger partial charge in [-0.2, -0.15) is 0 Å². The molecule has 0 bridgehead atoms. The largest absolute Gasteiger partial charge is 0.508 e. The lowest BCUT2D eigenvalue weighted by atomic mass is 9.59. The second-order valence-corrected chi connectivity index (χ2v) is 15.5. The van der Waals surface area contributed by atoms with Gasteiger partial charge in [0.05, 0.1) is 11.2 Å². The minimum absolute atomic E-state index is 0.177. The van der Waals surface area contributed by atoms with Crippen LogP contribution in [0.2, 0.25) is 0 Å². The molecule has 6 aromatic carbocycles. The molecule has 280 valence electrons. The van der Waals surface area contributed by atoms with Crippen LogP contribution in [0, 0.1) is 0 Å². The van der Waals surface area contributed by atoms with Gasteiger partial charge in [0.1, 0.15) is 34.5 Å². The summed E-state index contributed by atoms with van der Waals surface area (Å²) in [4.78, 5) is 0. The summed E-state index contributed by atoms with van der Waals surface area (Å²) >= 11 is 0. The van der Waals surface area contributed by atoms with Crippen molar-refractivity contribution in [1.29, 1.82) is 0 Å². The first kappa shape index (κ1) is 36.1. The van der Waals surface area contributed by atoms with Gasteiger partial charge in [-0.05, 0) is 158 Å². The van der Waals surface area contributed by atoms with Crippen LogP contribution in [0.1, 0.15) is 84.7 Å².